The molecule has 2 saturated carbocycles. The van der Waals surface area contributed by atoms with E-state index in [0.29, 0.717) is 11.7 Å². The summed E-state index contributed by atoms with van der Waals surface area (Å²) >= 11 is 0. The first-order valence-electron chi connectivity index (χ1n) is 8.86. The van der Waals surface area contributed by atoms with Crippen LogP contribution in [0.2, 0.25) is 0 Å². The molecule has 2 aliphatic carbocycles. The van der Waals surface area contributed by atoms with Crippen molar-refractivity contribution >= 4 is 5.78 Å². The maximum Gasteiger partial charge on any atom is 0.158 e. The first-order valence-corrected chi connectivity index (χ1v) is 8.86. The summed E-state index contributed by atoms with van der Waals surface area (Å²) in [5, 5.41) is 0. The molecule has 0 bridgehead atoms. The van der Waals surface area contributed by atoms with Crippen LogP contribution in [0.3, 0.4) is 0 Å². The Morgan fingerprint density at radius 2 is 1.71 bits per heavy atom. The first-order chi connectivity index (χ1) is 10.3. The highest BCUT2D eigenvalue weighted by atomic mass is 16.1. The summed E-state index contributed by atoms with van der Waals surface area (Å²) in [6, 6.07) is 0.0405. The van der Waals surface area contributed by atoms with Gasteiger partial charge in [-0.15, -0.1) is 0 Å². The summed E-state index contributed by atoms with van der Waals surface area (Å²) in [7, 11) is 0. The van der Waals surface area contributed by atoms with Gasteiger partial charge in [0.15, 0.2) is 5.78 Å². The quantitative estimate of drug-likeness (QED) is 0.797. The fourth-order valence-corrected chi connectivity index (χ4v) is 4.24. The van der Waals surface area contributed by atoms with E-state index in [2.05, 4.69) is 9.55 Å². The van der Waals surface area contributed by atoms with Crippen LogP contribution in [0.1, 0.15) is 76.7 Å². The Labute approximate surface area is 128 Å². The van der Waals surface area contributed by atoms with Gasteiger partial charge < -0.3 is 4.57 Å². The van der Waals surface area contributed by atoms with Gasteiger partial charge in [-0.3, -0.25) is 4.79 Å². The number of Topliss-reactive ketones (excluding diaryl/α,β-unsaturated/α-hetero) is 1. The van der Waals surface area contributed by atoms with Crippen LogP contribution in [0.5, 0.6) is 0 Å². The van der Waals surface area contributed by atoms with Gasteiger partial charge in [0, 0.05) is 18.3 Å². The summed E-state index contributed by atoms with van der Waals surface area (Å²) in [6.07, 6.45) is 19.3. The second-order valence-electron chi connectivity index (χ2n) is 7.00. The predicted octanol–water partition coefficient (Wildman–Crippen LogP) is 4.54. The van der Waals surface area contributed by atoms with Crippen LogP contribution in [0.4, 0.5) is 0 Å². The number of hydrogen-bond acceptors (Lipinski definition) is 2. The van der Waals surface area contributed by atoms with E-state index in [4.69, 9.17) is 0 Å². The van der Waals surface area contributed by atoms with Crippen LogP contribution in [0.15, 0.2) is 18.7 Å². The molecule has 0 N–H and O–H groups in total. The molecule has 21 heavy (non-hydrogen) atoms. The summed E-state index contributed by atoms with van der Waals surface area (Å²) < 4.78 is 2.07. The lowest BCUT2D eigenvalue weighted by atomic mass is 9.79. The maximum absolute atomic E-state index is 13.0. The van der Waals surface area contributed by atoms with Crippen molar-refractivity contribution in [2.24, 2.45) is 11.8 Å². The van der Waals surface area contributed by atoms with Gasteiger partial charge >= 0.3 is 0 Å². The molecule has 1 aromatic heterocycles. The van der Waals surface area contributed by atoms with Crippen molar-refractivity contribution in [3.05, 3.63) is 18.7 Å². The second kappa shape index (κ2) is 7.24. The number of carbonyl (C=O) groups is 1. The Bertz CT molecular complexity index is 428. The van der Waals surface area contributed by atoms with Crippen LogP contribution in [-0.4, -0.2) is 15.3 Å². The number of ketones is 1. The molecule has 1 heterocycles. The normalized spacial score (nSPS) is 23.0. The molecule has 2 fully saturated rings. The van der Waals surface area contributed by atoms with Gasteiger partial charge in [0.1, 0.15) is 0 Å². The lowest BCUT2D eigenvalue weighted by Crippen LogP contribution is -2.29. The van der Waals surface area contributed by atoms with Crippen LogP contribution in [0.25, 0.3) is 0 Å². The van der Waals surface area contributed by atoms with Crippen molar-refractivity contribution < 1.29 is 4.79 Å². The van der Waals surface area contributed by atoms with E-state index in [1.807, 2.05) is 18.7 Å². The maximum atomic E-state index is 13.0. The van der Waals surface area contributed by atoms with E-state index in [-0.39, 0.29) is 6.04 Å². The molecule has 0 spiro atoms. The smallest absolute Gasteiger partial charge is 0.158 e. The summed E-state index contributed by atoms with van der Waals surface area (Å²) in [5.74, 6) is 1.52. The highest BCUT2D eigenvalue weighted by molar-refractivity contribution is 5.85. The van der Waals surface area contributed by atoms with E-state index < -0.39 is 0 Å². The zero-order valence-corrected chi connectivity index (χ0v) is 13.0. The van der Waals surface area contributed by atoms with Crippen LogP contribution in [0, 0.1) is 11.8 Å². The summed E-state index contributed by atoms with van der Waals surface area (Å²) in [6.45, 7) is 0. The van der Waals surface area contributed by atoms with Gasteiger partial charge in [-0.1, -0.05) is 51.4 Å². The van der Waals surface area contributed by atoms with Gasteiger partial charge in [0.05, 0.1) is 12.4 Å². The molecule has 0 radical (unpaired) electrons. The number of hydrogen-bond donors (Lipinski definition) is 0. The molecule has 0 aromatic carbocycles. The van der Waals surface area contributed by atoms with Gasteiger partial charge in [-0.2, -0.15) is 0 Å². The molecule has 0 aliphatic heterocycles. The summed E-state index contributed by atoms with van der Waals surface area (Å²) in [5.41, 5.74) is 0. The Balaban J connectivity index is 1.70. The number of rotatable bonds is 5. The van der Waals surface area contributed by atoms with Crippen molar-refractivity contribution in [3.8, 4) is 0 Å². The predicted molar refractivity (Wildman–Crippen MR) is 84.0 cm³/mol. The number of aromatic nitrogens is 2. The van der Waals surface area contributed by atoms with Crippen LogP contribution >= 0.6 is 0 Å². The lowest BCUT2D eigenvalue weighted by Gasteiger charge is -2.30. The van der Waals surface area contributed by atoms with Gasteiger partial charge in [-0.25, -0.2) is 4.98 Å². The topological polar surface area (TPSA) is 34.9 Å². The molecular formula is C18H28N2O. The molecule has 3 nitrogen and oxygen atoms in total. The molecular weight excluding hydrogens is 260 g/mol. The highest BCUT2D eigenvalue weighted by Crippen LogP contribution is 2.35. The largest absolute Gasteiger partial charge is 0.327 e. The second-order valence-corrected chi connectivity index (χ2v) is 7.00. The van der Waals surface area contributed by atoms with Crippen molar-refractivity contribution in [1.29, 1.82) is 0 Å². The van der Waals surface area contributed by atoms with E-state index in [0.717, 1.165) is 25.2 Å². The molecule has 3 heteroatoms. The molecule has 3 rings (SSSR count). The fraction of sp³-hybridized carbons (Fsp3) is 0.778. The lowest BCUT2D eigenvalue weighted by molar-refractivity contribution is -0.127. The third kappa shape index (κ3) is 3.75. The Morgan fingerprint density at radius 3 is 2.33 bits per heavy atom. The van der Waals surface area contributed by atoms with Crippen molar-refractivity contribution in [3.63, 3.8) is 0 Å². The average Bonchev–Trinajstić information content (AvgIpc) is 3.08. The Hall–Kier alpha value is -1.12. The van der Waals surface area contributed by atoms with E-state index >= 15 is 0 Å². The number of imidazole rings is 1. The van der Waals surface area contributed by atoms with Crippen molar-refractivity contribution in [2.75, 3.05) is 0 Å². The van der Waals surface area contributed by atoms with Crippen molar-refractivity contribution in [2.45, 2.75) is 76.7 Å². The Morgan fingerprint density at radius 1 is 1.05 bits per heavy atom. The molecule has 0 amide bonds. The third-order valence-corrected chi connectivity index (χ3v) is 5.50. The van der Waals surface area contributed by atoms with Gasteiger partial charge in [-0.05, 0) is 25.2 Å². The zero-order chi connectivity index (χ0) is 14.5. The molecule has 0 saturated heterocycles. The van der Waals surface area contributed by atoms with Crippen LogP contribution in [-0.2, 0) is 4.79 Å². The highest BCUT2D eigenvalue weighted by Gasteiger charge is 2.31. The molecule has 2 aliphatic rings. The minimum Gasteiger partial charge on any atom is -0.327 e. The van der Waals surface area contributed by atoms with E-state index in [1.165, 1.54) is 51.4 Å². The van der Waals surface area contributed by atoms with Gasteiger partial charge in [0.2, 0.25) is 0 Å². The van der Waals surface area contributed by atoms with E-state index in [9.17, 15) is 4.79 Å². The SMILES string of the molecule is O=C(C1CCCCC1)C(CC1CCCCC1)n1ccnc1. The molecule has 116 valence electrons. The summed E-state index contributed by atoms with van der Waals surface area (Å²) in [4.78, 5) is 17.2. The minimum absolute atomic E-state index is 0.0405. The Kier molecular flexibility index (Phi) is 5.10. The standard InChI is InChI=1S/C18H28N2O/c21-18(16-9-5-2-6-10-16)17(20-12-11-19-14-20)13-15-7-3-1-4-8-15/h11-12,14-17H,1-10,13H2. The average molecular weight is 288 g/mol. The minimum atomic E-state index is 0.0405. The molecule has 1 aromatic rings. The molecule has 1 atom stereocenters. The number of nitrogens with zero attached hydrogens (tertiary/aromatic N) is 2. The number of carbonyl (C=O) groups excluding carboxylic acids is 1. The van der Waals surface area contributed by atoms with Crippen molar-refractivity contribution in [1.82, 2.24) is 9.55 Å². The first kappa shape index (κ1) is 14.8. The van der Waals surface area contributed by atoms with Crippen LogP contribution < -0.4 is 0 Å². The molecule has 1 unspecified atom stereocenters. The fourth-order valence-electron chi connectivity index (χ4n) is 4.24. The van der Waals surface area contributed by atoms with Gasteiger partial charge in [0.25, 0.3) is 0 Å². The third-order valence-electron chi connectivity index (χ3n) is 5.50. The van der Waals surface area contributed by atoms with E-state index in [1.54, 1.807) is 0 Å². The zero-order valence-electron chi connectivity index (χ0n) is 13.0. The monoisotopic (exact) mass is 288 g/mol.